The molecule has 3 atom stereocenters. The van der Waals surface area contributed by atoms with Gasteiger partial charge in [-0.25, -0.2) is 14.5 Å². The van der Waals surface area contributed by atoms with Crippen molar-refractivity contribution >= 4 is 41.5 Å². The normalized spacial score (nSPS) is 14.6. The van der Waals surface area contributed by atoms with Crippen molar-refractivity contribution in [2.24, 2.45) is 0 Å². The zero-order valence-electron chi connectivity index (χ0n) is 25.4. The highest BCUT2D eigenvalue weighted by Crippen LogP contribution is 2.45. The first-order chi connectivity index (χ1) is 20.7. The molecule has 0 aliphatic carbocycles. The Balaban J connectivity index is 1.65. The fourth-order valence-corrected chi connectivity index (χ4v) is 6.36. The molecular formula is C30H41N6O6P. The van der Waals surface area contributed by atoms with Crippen LogP contribution in [0.2, 0.25) is 0 Å². The van der Waals surface area contributed by atoms with E-state index >= 15 is 0 Å². The molecule has 4 aromatic rings. The maximum Gasteiger partial charge on any atom is 0.459 e. The molecule has 43 heavy (non-hydrogen) atoms. The highest BCUT2D eigenvalue weighted by atomic mass is 31.2. The quantitative estimate of drug-likeness (QED) is 0.114. The van der Waals surface area contributed by atoms with E-state index in [1.165, 1.54) is 12.4 Å². The van der Waals surface area contributed by atoms with Crippen LogP contribution in [0.25, 0.3) is 21.9 Å². The van der Waals surface area contributed by atoms with E-state index in [4.69, 9.17) is 29.2 Å². The lowest BCUT2D eigenvalue weighted by atomic mass is 10.1. The lowest BCUT2D eigenvalue weighted by molar-refractivity contribution is -0.149. The third kappa shape index (κ3) is 8.08. The number of para-hydroxylation sites is 1. The SMILES string of the molecule is CCC[C@H](CCOP(=O)(N[C@@H](C)C(=O)OC(C)C)Oc1ccncc1)n1c(COCC)nc2c(N)nc3ccccc3c21. The van der Waals surface area contributed by atoms with Crippen molar-refractivity contribution in [3.63, 3.8) is 0 Å². The largest absolute Gasteiger partial charge is 0.462 e. The number of fused-ring (bicyclic) bond motifs is 3. The summed E-state index contributed by atoms with van der Waals surface area (Å²) in [4.78, 5) is 25.9. The van der Waals surface area contributed by atoms with Gasteiger partial charge in [0.2, 0.25) is 0 Å². The molecule has 232 valence electrons. The number of nitrogens with two attached hydrogens (primary N) is 1. The van der Waals surface area contributed by atoms with E-state index in [-0.39, 0.29) is 24.5 Å². The predicted molar refractivity (Wildman–Crippen MR) is 166 cm³/mol. The molecule has 0 spiro atoms. The molecule has 3 N–H and O–H groups in total. The third-order valence-electron chi connectivity index (χ3n) is 6.69. The fourth-order valence-electron chi connectivity index (χ4n) is 4.85. The van der Waals surface area contributed by atoms with Gasteiger partial charge in [-0.05, 0) is 58.7 Å². The van der Waals surface area contributed by atoms with E-state index in [2.05, 4.69) is 26.5 Å². The number of carbonyl (C=O) groups excluding carboxylic acids is 1. The van der Waals surface area contributed by atoms with Gasteiger partial charge in [-0.3, -0.25) is 14.3 Å². The summed E-state index contributed by atoms with van der Waals surface area (Å²) in [5, 5.41) is 3.67. The number of nitrogens with zero attached hydrogens (tertiary/aromatic N) is 4. The first-order valence-corrected chi connectivity index (χ1v) is 16.1. The fraction of sp³-hybridized carbons (Fsp3) is 0.467. The number of hydrogen-bond acceptors (Lipinski definition) is 10. The Morgan fingerprint density at radius 2 is 1.81 bits per heavy atom. The molecule has 0 aliphatic heterocycles. The summed E-state index contributed by atoms with van der Waals surface area (Å²) in [5.74, 6) is 0.789. The number of nitrogen functional groups attached to an aromatic ring is 1. The average Bonchev–Trinajstić information content (AvgIpc) is 3.36. The first kappa shape index (κ1) is 32.3. The second-order valence-corrected chi connectivity index (χ2v) is 12.1. The number of carbonyl (C=O) groups is 1. The highest BCUT2D eigenvalue weighted by Gasteiger charge is 2.33. The molecule has 3 aromatic heterocycles. The zero-order chi connectivity index (χ0) is 31.0. The molecule has 0 bridgehead atoms. The number of anilines is 1. The molecule has 1 unspecified atom stereocenters. The zero-order valence-corrected chi connectivity index (χ0v) is 26.3. The van der Waals surface area contributed by atoms with Gasteiger partial charge in [0.05, 0.1) is 23.7 Å². The number of pyridine rings is 2. The standard InChI is InChI=1S/C30H41N6O6P/c1-6-10-22(36-26(19-39-7-2)34-27-28(36)24-11-8-9-12-25(24)33-29(27)31)15-18-40-43(38,42-23-13-16-32-17-14-23)35-21(5)30(37)41-20(3)4/h8-9,11-14,16-17,20-22H,6-7,10,15,18-19H2,1-5H3,(H2,31,33)(H,35,38)/t21-,22+,43?/m0/s1. The lowest BCUT2D eigenvalue weighted by Crippen LogP contribution is -2.36. The molecule has 0 amide bonds. The van der Waals surface area contributed by atoms with Crippen LogP contribution >= 0.6 is 7.75 Å². The average molecular weight is 613 g/mol. The van der Waals surface area contributed by atoms with E-state index < -0.39 is 19.8 Å². The van der Waals surface area contributed by atoms with E-state index in [9.17, 15) is 9.36 Å². The maximum atomic E-state index is 14.0. The Bertz CT molecular complexity index is 1560. The van der Waals surface area contributed by atoms with Crippen LogP contribution in [0.1, 0.15) is 65.7 Å². The molecule has 0 fully saturated rings. The smallest absolute Gasteiger partial charge is 0.459 e. The number of ether oxygens (including phenoxy) is 2. The van der Waals surface area contributed by atoms with Crippen LogP contribution in [0.5, 0.6) is 5.75 Å². The van der Waals surface area contributed by atoms with Crippen LogP contribution < -0.4 is 15.3 Å². The van der Waals surface area contributed by atoms with Gasteiger partial charge in [-0.1, -0.05) is 31.5 Å². The summed E-state index contributed by atoms with van der Waals surface area (Å²) in [7, 11) is -4.03. The molecule has 12 nitrogen and oxygen atoms in total. The second-order valence-electron chi connectivity index (χ2n) is 10.4. The van der Waals surface area contributed by atoms with Crippen LogP contribution in [-0.4, -0.2) is 50.8 Å². The minimum absolute atomic E-state index is 0.0538. The number of rotatable bonds is 16. The Labute approximate surface area is 251 Å². The van der Waals surface area contributed by atoms with E-state index in [0.29, 0.717) is 31.0 Å². The minimum atomic E-state index is -4.03. The van der Waals surface area contributed by atoms with Gasteiger partial charge < -0.3 is 24.3 Å². The van der Waals surface area contributed by atoms with Crippen molar-refractivity contribution in [2.45, 2.75) is 78.7 Å². The molecule has 0 saturated carbocycles. The van der Waals surface area contributed by atoms with Crippen LogP contribution in [0, 0.1) is 0 Å². The number of hydrogen-bond donors (Lipinski definition) is 2. The monoisotopic (exact) mass is 612 g/mol. The van der Waals surface area contributed by atoms with Crippen molar-refractivity contribution < 1.29 is 27.9 Å². The third-order valence-corrected chi connectivity index (χ3v) is 8.37. The summed E-state index contributed by atoms with van der Waals surface area (Å²) in [6.45, 7) is 9.95. The van der Waals surface area contributed by atoms with Crippen molar-refractivity contribution in [1.82, 2.24) is 24.6 Å². The Morgan fingerprint density at radius 3 is 2.51 bits per heavy atom. The highest BCUT2D eigenvalue weighted by molar-refractivity contribution is 7.52. The topological polar surface area (TPSA) is 153 Å². The predicted octanol–water partition coefficient (Wildman–Crippen LogP) is 5.96. The number of nitrogens with one attached hydrogen (secondary N) is 1. The van der Waals surface area contributed by atoms with Gasteiger partial charge in [0.15, 0.2) is 5.82 Å². The van der Waals surface area contributed by atoms with Crippen LogP contribution in [0.3, 0.4) is 0 Å². The molecule has 0 aliphatic rings. The van der Waals surface area contributed by atoms with E-state index in [1.54, 1.807) is 32.9 Å². The molecule has 0 saturated heterocycles. The van der Waals surface area contributed by atoms with Crippen molar-refractivity contribution in [2.75, 3.05) is 18.9 Å². The maximum absolute atomic E-state index is 14.0. The van der Waals surface area contributed by atoms with Gasteiger partial charge >= 0.3 is 13.7 Å². The van der Waals surface area contributed by atoms with Crippen LogP contribution in [-0.2, 0) is 30.0 Å². The van der Waals surface area contributed by atoms with Crippen molar-refractivity contribution in [1.29, 1.82) is 0 Å². The Kier molecular flexibility index (Phi) is 11.1. The van der Waals surface area contributed by atoms with Gasteiger partial charge in [-0.15, -0.1) is 0 Å². The van der Waals surface area contributed by atoms with Gasteiger partial charge in [0.25, 0.3) is 0 Å². The van der Waals surface area contributed by atoms with Crippen LogP contribution in [0.4, 0.5) is 5.82 Å². The summed E-state index contributed by atoms with van der Waals surface area (Å²) in [5.41, 5.74) is 8.63. The van der Waals surface area contributed by atoms with Crippen molar-refractivity contribution in [3.8, 4) is 5.75 Å². The van der Waals surface area contributed by atoms with Crippen LogP contribution in [0.15, 0.2) is 48.8 Å². The molecular weight excluding hydrogens is 571 g/mol. The molecule has 13 heteroatoms. The molecule has 1 aromatic carbocycles. The Hall–Kier alpha value is -3.57. The number of benzene rings is 1. The Morgan fingerprint density at radius 1 is 1.07 bits per heavy atom. The van der Waals surface area contributed by atoms with Gasteiger partial charge in [0, 0.05) is 30.4 Å². The lowest BCUT2D eigenvalue weighted by Gasteiger charge is -2.25. The van der Waals surface area contributed by atoms with Gasteiger partial charge in [-0.2, -0.15) is 5.09 Å². The second kappa shape index (κ2) is 14.7. The summed E-state index contributed by atoms with van der Waals surface area (Å²) >= 11 is 0. The summed E-state index contributed by atoms with van der Waals surface area (Å²) < 4.78 is 39.0. The van der Waals surface area contributed by atoms with Crippen molar-refractivity contribution in [3.05, 3.63) is 54.6 Å². The first-order valence-electron chi connectivity index (χ1n) is 14.6. The number of imidazole rings is 1. The van der Waals surface area contributed by atoms with E-state index in [0.717, 1.165) is 35.1 Å². The molecule has 0 radical (unpaired) electrons. The summed E-state index contributed by atoms with van der Waals surface area (Å²) in [6.07, 6.45) is 4.82. The number of esters is 1. The minimum Gasteiger partial charge on any atom is -0.462 e. The van der Waals surface area contributed by atoms with Gasteiger partial charge in [0.1, 0.15) is 29.7 Å². The molecule has 4 rings (SSSR count). The van der Waals surface area contributed by atoms with E-state index in [1.807, 2.05) is 31.2 Å². The molecule has 3 heterocycles. The number of aromatic nitrogens is 4. The summed E-state index contributed by atoms with van der Waals surface area (Å²) in [6, 6.07) is 9.89.